The number of amides is 1. The highest BCUT2D eigenvalue weighted by Gasteiger charge is 2.32. The standard InChI is InChI=1S/C11H8FN5O2/c1-14-10-3-2-7(4-9(10)12)17-6-8(5-15-16-13)19-11(17)18/h2-4,8H,5-6H2/t8-/m0/s1. The van der Waals surface area contributed by atoms with E-state index in [1.54, 1.807) is 0 Å². The second-order valence-electron chi connectivity index (χ2n) is 3.78. The van der Waals surface area contributed by atoms with Crippen molar-refractivity contribution in [3.05, 3.63) is 45.9 Å². The number of benzene rings is 1. The molecule has 96 valence electrons. The van der Waals surface area contributed by atoms with E-state index in [-0.39, 0.29) is 18.8 Å². The minimum atomic E-state index is -0.696. The Morgan fingerprint density at radius 3 is 3.05 bits per heavy atom. The minimum Gasteiger partial charge on any atom is -0.444 e. The Hall–Kier alpha value is -2.78. The van der Waals surface area contributed by atoms with Crippen LogP contribution in [0.15, 0.2) is 23.3 Å². The Labute approximate surface area is 107 Å². The molecule has 1 aliphatic heterocycles. The van der Waals surface area contributed by atoms with E-state index in [9.17, 15) is 9.18 Å². The number of carbonyl (C=O) groups is 1. The smallest absolute Gasteiger partial charge is 0.414 e. The van der Waals surface area contributed by atoms with Crippen molar-refractivity contribution < 1.29 is 13.9 Å². The molecule has 19 heavy (non-hydrogen) atoms. The highest BCUT2D eigenvalue weighted by molar-refractivity contribution is 5.90. The molecular weight excluding hydrogens is 253 g/mol. The normalized spacial score (nSPS) is 17.6. The molecule has 0 aliphatic carbocycles. The number of hydrogen-bond acceptors (Lipinski definition) is 3. The Kier molecular flexibility index (Phi) is 3.50. The molecule has 2 rings (SSSR count). The predicted molar refractivity (Wildman–Crippen MR) is 64.3 cm³/mol. The van der Waals surface area contributed by atoms with Crippen LogP contribution in [0.3, 0.4) is 0 Å². The van der Waals surface area contributed by atoms with E-state index in [2.05, 4.69) is 14.9 Å². The van der Waals surface area contributed by atoms with E-state index in [1.807, 2.05) is 0 Å². The number of azide groups is 1. The molecule has 1 fully saturated rings. The van der Waals surface area contributed by atoms with Gasteiger partial charge in [0.15, 0.2) is 0 Å². The third-order valence-electron chi connectivity index (χ3n) is 2.59. The Bertz CT molecular complexity index is 606. The molecule has 1 heterocycles. The summed E-state index contributed by atoms with van der Waals surface area (Å²) in [5, 5.41) is 3.32. The fourth-order valence-electron chi connectivity index (χ4n) is 1.71. The number of ether oxygens (including phenoxy) is 1. The van der Waals surface area contributed by atoms with Gasteiger partial charge in [-0.05, 0) is 17.7 Å². The van der Waals surface area contributed by atoms with E-state index >= 15 is 0 Å². The minimum absolute atomic E-state index is 0.0291. The summed E-state index contributed by atoms with van der Waals surface area (Å²) in [6, 6.07) is 3.87. The van der Waals surface area contributed by atoms with Crippen molar-refractivity contribution in [1.29, 1.82) is 0 Å². The van der Waals surface area contributed by atoms with E-state index in [4.69, 9.17) is 16.8 Å². The SMILES string of the molecule is [C-]#[N+]c1ccc(N2C[C@H](CN=[N+]=[N-])OC2=O)cc1F. The lowest BCUT2D eigenvalue weighted by Crippen LogP contribution is -2.25. The molecule has 0 spiro atoms. The van der Waals surface area contributed by atoms with E-state index in [0.717, 1.165) is 6.07 Å². The number of cyclic esters (lactones) is 1. The van der Waals surface area contributed by atoms with Crippen molar-refractivity contribution in [3.8, 4) is 0 Å². The zero-order valence-electron chi connectivity index (χ0n) is 9.65. The molecule has 0 radical (unpaired) electrons. The highest BCUT2D eigenvalue weighted by Crippen LogP contribution is 2.27. The molecule has 1 saturated heterocycles. The first-order valence-electron chi connectivity index (χ1n) is 5.31. The molecule has 1 aliphatic rings. The second kappa shape index (κ2) is 5.25. The second-order valence-corrected chi connectivity index (χ2v) is 3.78. The van der Waals surface area contributed by atoms with Crippen LogP contribution in [-0.4, -0.2) is 25.3 Å². The number of hydrogen-bond donors (Lipinski definition) is 0. The van der Waals surface area contributed by atoms with Crippen molar-refractivity contribution in [2.75, 3.05) is 18.0 Å². The first-order chi connectivity index (χ1) is 9.15. The van der Waals surface area contributed by atoms with E-state index < -0.39 is 18.0 Å². The topological polar surface area (TPSA) is 82.7 Å². The van der Waals surface area contributed by atoms with Crippen LogP contribution >= 0.6 is 0 Å². The summed E-state index contributed by atoms with van der Waals surface area (Å²) < 4.78 is 18.4. The van der Waals surface area contributed by atoms with Gasteiger partial charge in [-0.3, -0.25) is 4.90 Å². The van der Waals surface area contributed by atoms with Gasteiger partial charge in [0.25, 0.3) is 0 Å². The van der Waals surface area contributed by atoms with Crippen LogP contribution in [0.5, 0.6) is 0 Å². The van der Waals surface area contributed by atoms with Gasteiger partial charge >= 0.3 is 6.09 Å². The molecule has 0 aromatic heterocycles. The van der Waals surface area contributed by atoms with Crippen molar-refractivity contribution >= 4 is 17.5 Å². The molecule has 8 heteroatoms. The molecule has 1 aromatic carbocycles. The third kappa shape index (κ3) is 2.56. The lowest BCUT2D eigenvalue weighted by molar-refractivity contribution is 0.145. The van der Waals surface area contributed by atoms with Gasteiger partial charge in [-0.2, -0.15) is 0 Å². The first-order valence-corrected chi connectivity index (χ1v) is 5.31. The van der Waals surface area contributed by atoms with Gasteiger partial charge in [0.2, 0.25) is 5.69 Å². The number of anilines is 1. The quantitative estimate of drug-likeness (QED) is 0.362. The van der Waals surface area contributed by atoms with Gasteiger partial charge in [-0.15, -0.1) is 0 Å². The fraction of sp³-hybridized carbons (Fsp3) is 0.273. The zero-order valence-corrected chi connectivity index (χ0v) is 9.65. The van der Waals surface area contributed by atoms with Gasteiger partial charge in [-0.25, -0.2) is 14.0 Å². The first kappa shape index (κ1) is 12.7. The molecule has 0 N–H and O–H groups in total. The van der Waals surface area contributed by atoms with Crippen LogP contribution in [0.1, 0.15) is 0 Å². The number of nitrogens with zero attached hydrogens (tertiary/aromatic N) is 5. The molecule has 1 aromatic rings. The van der Waals surface area contributed by atoms with Gasteiger partial charge in [0, 0.05) is 10.6 Å². The fourth-order valence-corrected chi connectivity index (χ4v) is 1.71. The summed E-state index contributed by atoms with van der Waals surface area (Å²) in [5.74, 6) is -0.696. The lowest BCUT2D eigenvalue weighted by Gasteiger charge is -2.13. The van der Waals surface area contributed by atoms with Crippen LogP contribution in [-0.2, 0) is 4.74 Å². The third-order valence-corrected chi connectivity index (χ3v) is 2.59. The van der Waals surface area contributed by atoms with Crippen LogP contribution in [0.2, 0.25) is 0 Å². The van der Waals surface area contributed by atoms with Crippen LogP contribution in [0, 0.1) is 12.4 Å². The van der Waals surface area contributed by atoms with E-state index in [0.29, 0.717) is 5.69 Å². The van der Waals surface area contributed by atoms with Gasteiger partial charge in [0.1, 0.15) is 11.9 Å². The molecule has 7 nitrogen and oxygen atoms in total. The lowest BCUT2D eigenvalue weighted by atomic mass is 10.2. The highest BCUT2D eigenvalue weighted by atomic mass is 19.1. The maximum Gasteiger partial charge on any atom is 0.414 e. The Morgan fingerprint density at radius 2 is 2.42 bits per heavy atom. The molecule has 0 saturated carbocycles. The summed E-state index contributed by atoms with van der Waals surface area (Å²) in [5.41, 5.74) is 8.39. The molecule has 1 amide bonds. The number of rotatable bonds is 3. The zero-order chi connectivity index (χ0) is 13.8. The van der Waals surface area contributed by atoms with Crippen LogP contribution in [0.25, 0.3) is 15.3 Å². The molecule has 0 unspecified atom stereocenters. The summed E-state index contributed by atoms with van der Waals surface area (Å²) >= 11 is 0. The van der Waals surface area contributed by atoms with Gasteiger partial charge < -0.3 is 4.74 Å². The van der Waals surface area contributed by atoms with Gasteiger partial charge in [0.05, 0.1) is 19.7 Å². The summed E-state index contributed by atoms with van der Waals surface area (Å²) in [6.45, 7) is 6.95. The molecular formula is C11H8FN5O2. The van der Waals surface area contributed by atoms with Crippen molar-refractivity contribution in [1.82, 2.24) is 0 Å². The predicted octanol–water partition coefficient (Wildman–Crippen LogP) is 3.01. The van der Waals surface area contributed by atoms with E-state index in [1.165, 1.54) is 17.0 Å². The Balaban J connectivity index is 2.19. The van der Waals surface area contributed by atoms with Gasteiger partial charge in [-0.1, -0.05) is 11.2 Å². The Morgan fingerprint density at radius 1 is 1.63 bits per heavy atom. The summed E-state index contributed by atoms with van der Waals surface area (Å²) in [4.78, 5) is 18.4. The largest absolute Gasteiger partial charge is 0.444 e. The van der Waals surface area contributed by atoms with Crippen LogP contribution in [0.4, 0.5) is 20.6 Å². The molecule has 1 atom stereocenters. The average Bonchev–Trinajstić information content (AvgIpc) is 2.77. The molecule has 0 bridgehead atoms. The summed E-state index contributed by atoms with van der Waals surface area (Å²) in [7, 11) is 0. The maximum absolute atomic E-state index is 13.5. The number of halogens is 1. The summed E-state index contributed by atoms with van der Waals surface area (Å²) in [6.07, 6.45) is -1.18. The maximum atomic E-state index is 13.5. The number of carbonyl (C=O) groups excluding carboxylic acids is 1. The average molecular weight is 261 g/mol. The monoisotopic (exact) mass is 261 g/mol. The van der Waals surface area contributed by atoms with Crippen molar-refractivity contribution in [2.24, 2.45) is 5.11 Å². The van der Waals surface area contributed by atoms with Crippen molar-refractivity contribution in [2.45, 2.75) is 6.10 Å². The van der Waals surface area contributed by atoms with Crippen LogP contribution < -0.4 is 4.90 Å². The van der Waals surface area contributed by atoms with Crippen molar-refractivity contribution in [3.63, 3.8) is 0 Å².